The summed E-state index contributed by atoms with van der Waals surface area (Å²) in [6, 6.07) is 5.11. The van der Waals surface area contributed by atoms with Crippen LogP contribution in [0.15, 0.2) is 23.4 Å². The second-order valence-electron chi connectivity index (χ2n) is 3.36. The Bertz CT molecular complexity index is 385. The topological polar surface area (TPSA) is 46.5 Å². The maximum absolute atomic E-state index is 11.5. The molecule has 1 atom stereocenters. The molecule has 0 amide bonds. The molecule has 0 aliphatic heterocycles. The van der Waals surface area contributed by atoms with Crippen LogP contribution in [-0.4, -0.2) is 5.78 Å². The van der Waals surface area contributed by atoms with Crippen molar-refractivity contribution in [3.05, 3.63) is 34.2 Å². The fourth-order valence-corrected chi connectivity index (χ4v) is 1.77. The summed E-state index contributed by atoms with van der Waals surface area (Å²) < 4.78 is 0. The molecule has 1 aromatic carbocycles. The molecule has 0 heterocycles. The van der Waals surface area contributed by atoms with Crippen molar-refractivity contribution in [1.29, 1.82) is 0 Å². The standard InChI is InChI=1S/C10H9NO2/c1-6-5-8-7(10(6)12)3-2-4-9(8)11-13/h2-4,6H,5H2,1H3. The van der Waals surface area contributed by atoms with E-state index >= 15 is 0 Å². The van der Waals surface area contributed by atoms with Gasteiger partial charge in [0.15, 0.2) is 5.78 Å². The highest BCUT2D eigenvalue weighted by atomic mass is 16.3. The van der Waals surface area contributed by atoms with E-state index < -0.39 is 0 Å². The summed E-state index contributed by atoms with van der Waals surface area (Å²) in [5.74, 6) is 0.124. The number of benzene rings is 1. The molecular weight excluding hydrogens is 166 g/mol. The van der Waals surface area contributed by atoms with Crippen molar-refractivity contribution < 1.29 is 4.79 Å². The number of carbonyl (C=O) groups is 1. The summed E-state index contributed by atoms with van der Waals surface area (Å²) in [5.41, 5.74) is 1.90. The van der Waals surface area contributed by atoms with Crippen LogP contribution in [0.2, 0.25) is 0 Å². The summed E-state index contributed by atoms with van der Waals surface area (Å²) in [4.78, 5) is 21.9. The van der Waals surface area contributed by atoms with Gasteiger partial charge >= 0.3 is 0 Å². The molecule has 0 N–H and O–H groups in total. The fraction of sp³-hybridized carbons (Fsp3) is 0.300. The Morgan fingerprint density at radius 2 is 2.23 bits per heavy atom. The molecule has 0 saturated carbocycles. The Hall–Kier alpha value is -1.51. The number of nitrogens with zero attached hydrogens (tertiary/aromatic N) is 1. The zero-order chi connectivity index (χ0) is 9.42. The van der Waals surface area contributed by atoms with E-state index in [1.54, 1.807) is 18.2 Å². The SMILES string of the molecule is CC1Cc2c(N=O)cccc2C1=O. The molecule has 3 nitrogen and oxygen atoms in total. The molecule has 0 bridgehead atoms. The van der Waals surface area contributed by atoms with Crippen LogP contribution in [0.3, 0.4) is 0 Å². The molecule has 1 aliphatic rings. The second-order valence-corrected chi connectivity index (χ2v) is 3.36. The lowest BCUT2D eigenvalue weighted by molar-refractivity contribution is 0.0946. The van der Waals surface area contributed by atoms with Gasteiger partial charge in [-0.2, -0.15) is 0 Å². The number of ketones is 1. The molecule has 3 heteroatoms. The highest BCUT2D eigenvalue weighted by Gasteiger charge is 2.28. The van der Waals surface area contributed by atoms with Crippen LogP contribution >= 0.6 is 0 Å². The van der Waals surface area contributed by atoms with Gasteiger partial charge in [-0.15, -0.1) is 4.91 Å². The van der Waals surface area contributed by atoms with Gasteiger partial charge in [0.25, 0.3) is 0 Å². The van der Waals surface area contributed by atoms with Gasteiger partial charge in [0.1, 0.15) is 5.69 Å². The van der Waals surface area contributed by atoms with E-state index in [0.29, 0.717) is 17.7 Å². The molecule has 2 rings (SSSR count). The Morgan fingerprint density at radius 1 is 1.46 bits per heavy atom. The van der Waals surface area contributed by atoms with Crippen molar-refractivity contribution in [1.82, 2.24) is 0 Å². The van der Waals surface area contributed by atoms with Crippen molar-refractivity contribution in [3.63, 3.8) is 0 Å². The smallest absolute Gasteiger partial charge is 0.166 e. The Balaban J connectivity index is 2.62. The van der Waals surface area contributed by atoms with Crippen LogP contribution in [0.25, 0.3) is 0 Å². The van der Waals surface area contributed by atoms with Gasteiger partial charge in [0.2, 0.25) is 0 Å². The first-order chi connectivity index (χ1) is 6.24. The first-order valence-corrected chi connectivity index (χ1v) is 4.23. The maximum atomic E-state index is 11.5. The highest BCUT2D eigenvalue weighted by molar-refractivity contribution is 6.03. The van der Waals surface area contributed by atoms with E-state index in [-0.39, 0.29) is 11.7 Å². The number of carbonyl (C=O) groups excluding carboxylic acids is 1. The van der Waals surface area contributed by atoms with E-state index in [2.05, 4.69) is 5.18 Å². The predicted octanol–water partition coefficient (Wildman–Crippen LogP) is 2.46. The molecule has 0 saturated heterocycles. The minimum absolute atomic E-state index is 0.00194. The summed E-state index contributed by atoms with van der Waals surface area (Å²) in [6.07, 6.45) is 0.649. The largest absolute Gasteiger partial charge is 0.294 e. The maximum Gasteiger partial charge on any atom is 0.166 e. The van der Waals surface area contributed by atoms with Gasteiger partial charge in [-0.05, 0) is 23.2 Å². The van der Waals surface area contributed by atoms with Crippen LogP contribution in [0, 0.1) is 10.8 Å². The molecule has 1 aromatic rings. The predicted molar refractivity (Wildman–Crippen MR) is 49.1 cm³/mol. The minimum atomic E-state index is -0.00194. The summed E-state index contributed by atoms with van der Waals surface area (Å²) in [5, 5.41) is 2.91. The molecule has 66 valence electrons. The number of nitroso groups, excluding NO2 is 1. The van der Waals surface area contributed by atoms with Gasteiger partial charge < -0.3 is 0 Å². The normalized spacial score (nSPS) is 20.1. The summed E-state index contributed by atoms with van der Waals surface area (Å²) in [6.45, 7) is 1.87. The van der Waals surface area contributed by atoms with E-state index in [0.717, 1.165) is 5.56 Å². The van der Waals surface area contributed by atoms with Crippen LogP contribution in [0.1, 0.15) is 22.8 Å². The van der Waals surface area contributed by atoms with E-state index in [9.17, 15) is 9.70 Å². The van der Waals surface area contributed by atoms with Gasteiger partial charge in [0.05, 0.1) is 0 Å². The quantitative estimate of drug-likeness (QED) is 0.615. The molecule has 1 unspecified atom stereocenters. The average Bonchev–Trinajstić information content (AvgIpc) is 2.43. The molecule has 1 aliphatic carbocycles. The van der Waals surface area contributed by atoms with Crippen LogP contribution in [-0.2, 0) is 6.42 Å². The molecule has 0 fully saturated rings. The van der Waals surface area contributed by atoms with Crippen molar-refractivity contribution in [2.24, 2.45) is 11.1 Å². The van der Waals surface area contributed by atoms with Crippen molar-refractivity contribution in [3.8, 4) is 0 Å². The third kappa shape index (κ3) is 1.08. The Kier molecular flexibility index (Phi) is 1.72. The van der Waals surface area contributed by atoms with Crippen LogP contribution in [0.4, 0.5) is 5.69 Å². The molecule has 0 radical (unpaired) electrons. The first kappa shape index (κ1) is 8.10. The number of rotatable bonds is 1. The van der Waals surface area contributed by atoms with Crippen molar-refractivity contribution >= 4 is 11.5 Å². The second kappa shape index (κ2) is 2.76. The van der Waals surface area contributed by atoms with Gasteiger partial charge in [-0.3, -0.25) is 4.79 Å². The van der Waals surface area contributed by atoms with Crippen molar-refractivity contribution in [2.45, 2.75) is 13.3 Å². The van der Waals surface area contributed by atoms with Crippen LogP contribution in [0.5, 0.6) is 0 Å². The lowest BCUT2D eigenvalue weighted by Crippen LogP contribution is -2.02. The zero-order valence-electron chi connectivity index (χ0n) is 7.28. The summed E-state index contributed by atoms with van der Waals surface area (Å²) in [7, 11) is 0. The van der Waals surface area contributed by atoms with Gasteiger partial charge in [0, 0.05) is 11.5 Å². The van der Waals surface area contributed by atoms with Crippen molar-refractivity contribution in [2.75, 3.05) is 0 Å². The number of Topliss-reactive ketones (excluding diaryl/α,β-unsaturated/α-hetero) is 1. The fourth-order valence-electron chi connectivity index (χ4n) is 1.77. The average molecular weight is 175 g/mol. The molecule has 13 heavy (non-hydrogen) atoms. The first-order valence-electron chi connectivity index (χ1n) is 4.23. The minimum Gasteiger partial charge on any atom is -0.294 e. The zero-order valence-corrected chi connectivity index (χ0v) is 7.28. The number of fused-ring (bicyclic) bond motifs is 1. The van der Waals surface area contributed by atoms with Crippen LogP contribution < -0.4 is 0 Å². The third-order valence-corrected chi connectivity index (χ3v) is 2.47. The Morgan fingerprint density at radius 3 is 2.92 bits per heavy atom. The lowest BCUT2D eigenvalue weighted by atomic mass is 10.1. The monoisotopic (exact) mass is 175 g/mol. The van der Waals surface area contributed by atoms with E-state index in [1.165, 1.54) is 0 Å². The molecule has 0 aromatic heterocycles. The van der Waals surface area contributed by atoms with E-state index in [4.69, 9.17) is 0 Å². The molecular formula is C10H9NO2. The van der Waals surface area contributed by atoms with E-state index in [1.807, 2.05) is 6.92 Å². The highest BCUT2D eigenvalue weighted by Crippen LogP contribution is 2.33. The summed E-state index contributed by atoms with van der Waals surface area (Å²) >= 11 is 0. The number of hydrogen-bond acceptors (Lipinski definition) is 3. The van der Waals surface area contributed by atoms with Gasteiger partial charge in [-0.25, -0.2) is 0 Å². The van der Waals surface area contributed by atoms with Gasteiger partial charge in [-0.1, -0.05) is 19.1 Å². The lowest BCUT2D eigenvalue weighted by Gasteiger charge is -1.97. The third-order valence-electron chi connectivity index (χ3n) is 2.47. The number of hydrogen-bond donors (Lipinski definition) is 0. The molecule has 0 spiro atoms. The Labute approximate surface area is 75.7 Å².